The number of esters is 1. The van der Waals surface area contributed by atoms with E-state index in [1.54, 1.807) is 0 Å². The van der Waals surface area contributed by atoms with Crippen molar-refractivity contribution >= 4 is 12.1 Å². The first-order valence-electron chi connectivity index (χ1n) is 4.30. The number of carbonyl (C=O) groups is 2. The van der Waals surface area contributed by atoms with Crippen molar-refractivity contribution in [1.82, 2.24) is 5.32 Å². The Hall–Kier alpha value is -1.30. The minimum Gasteiger partial charge on any atom is -0.469 e. The third kappa shape index (κ3) is 2.35. The van der Waals surface area contributed by atoms with E-state index in [1.807, 2.05) is 0 Å². The van der Waals surface area contributed by atoms with Gasteiger partial charge in [0.05, 0.1) is 25.2 Å². The zero-order valence-electron chi connectivity index (χ0n) is 7.77. The number of methoxy groups -OCH3 is 1. The molecule has 1 aliphatic rings. The Morgan fingerprint density at radius 2 is 2.07 bits per heavy atom. The van der Waals surface area contributed by atoms with Crippen LogP contribution in [-0.2, 0) is 9.53 Å². The number of rotatable bonds is 2. The summed E-state index contributed by atoms with van der Waals surface area (Å²) in [6.45, 7) is 0. The first-order valence-corrected chi connectivity index (χ1v) is 4.30. The molecule has 6 nitrogen and oxygen atoms in total. The van der Waals surface area contributed by atoms with Gasteiger partial charge in [0.15, 0.2) is 0 Å². The van der Waals surface area contributed by atoms with Crippen LogP contribution < -0.4 is 5.32 Å². The van der Waals surface area contributed by atoms with Crippen LogP contribution in [0.3, 0.4) is 0 Å². The molecule has 0 radical (unpaired) electrons. The summed E-state index contributed by atoms with van der Waals surface area (Å²) < 4.78 is 4.51. The van der Waals surface area contributed by atoms with Crippen molar-refractivity contribution in [1.29, 1.82) is 0 Å². The van der Waals surface area contributed by atoms with Gasteiger partial charge in [0.2, 0.25) is 0 Å². The fraction of sp³-hybridized carbons (Fsp3) is 0.750. The smallest absolute Gasteiger partial charge is 0.404 e. The number of ether oxygens (including phenoxy) is 1. The summed E-state index contributed by atoms with van der Waals surface area (Å²) in [5.41, 5.74) is 0. The number of amides is 1. The van der Waals surface area contributed by atoms with E-state index in [0.29, 0.717) is 6.42 Å². The molecular formula is C8H13NO5. The number of hydrogen-bond acceptors (Lipinski definition) is 4. The van der Waals surface area contributed by atoms with Gasteiger partial charge < -0.3 is 20.3 Å². The minimum absolute atomic E-state index is 0.248. The molecule has 6 heteroatoms. The van der Waals surface area contributed by atoms with Gasteiger partial charge in [-0.15, -0.1) is 0 Å². The van der Waals surface area contributed by atoms with Crippen molar-refractivity contribution in [2.45, 2.75) is 25.0 Å². The predicted molar refractivity (Wildman–Crippen MR) is 45.7 cm³/mol. The number of nitrogens with one attached hydrogen (secondary N) is 1. The second-order valence-corrected chi connectivity index (χ2v) is 3.31. The molecule has 1 fully saturated rings. The molecule has 0 aromatic carbocycles. The summed E-state index contributed by atoms with van der Waals surface area (Å²) >= 11 is 0. The molecule has 0 aromatic heterocycles. The monoisotopic (exact) mass is 203 g/mol. The summed E-state index contributed by atoms with van der Waals surface area (Å²) in [7, 11) is 1.27. The average Bonchev–Trinajstić information content (AvgIpc) is 2.46. The van der Waals surface area contributed by atoms with E-state index >= 15 is 0 Å². The summed E-state index contributed by atoms with van der Waals surface area (Å²) in [6, 6.07) is -0.573. The largest absolute Gasteiger partial charge is 0.469 e. The number of carbonyl (C=O) groups excluding carboxylic acids is 1. The number of carboxylic acid groups (broad SMARTS) is 1. The predicted octanol–water partition coefficient (Wildman–Crippen LogP) is -0.434. The molecule has 0 heterocycles. The van der Waals surface area contributed by atoms with Crippen molar-refractivity contribution in [2.75, 3.05) is 7.11 Å². The molecule has 3 N–H and O–H groups in total. The van der Waals surface area contributed by atoms with Crippen LogP contribution in [0.15, 0.2) is 0 Å². The molecule has 0 unspecified atom stereocenters. The van der Waals surface area contributed by atoms with Crippen LogP contribution in [0.25, 0.3) is 0 Å². The van der Waals surface area contributed by atoms with E-state index in [2.05, 4.69) is 10.1 Å². The van der Waals surface area contributed by atoms with E-state index in [9.17, 15) is 14.7 Å². The van der Waals surface area contributed by atoms with Crippen molar-refractivity contribution in [2.24, 2.45) is 5.92 Å². The van der Waals surface area contributed by atoms with Crippen LogP contribution in [0.5, 0.6) is 0 Å². The van der Waals surface area contributed by atoms with E-state index in [-0.39, 0.29) is 6.42 Å². The zero-order valence-corrected chi connectivity index (χ0v) is 7.77. The average molecular weight is 203 g/mol. The van der Waals surface area contributed by atoms with Crippen molar-refractivity contribution in [3.05, 3.63) is 0 Å². The lowest BCUT2D eigenvalue weighted by Gasteiger charge is -2.12. The van der Waals surface area contributed by atoms with E-state index < -0.39 is 30.1 Å². The topological polar surface area (TPSA) is 95.9 Å². The van der Waals surface area contributed by atoms with E-state index in [4.69, 9.17) is 5.11 Å². The van der Waals surface area contributed by atoms with Crippen LogP contribution in [0.2, 0.25) is 0 Å². The van der Waals surface area contributed by atoms with Crippen LogP contribution in [0.4, 0.5) is 4.79 Å². The third-order valence-electron chi connectivity index (χ3n) is 2.37. The van der Waals surface area contributed by atoms with Gasteiger partial charge >= 0.3 is 12.1 Å². The maximum absolute atomic E-state index is 11.1. The van der Waals surface area contributed by atoms with E-state index in [1.165, 1.54) is 7.11 Å². The molecule has 1 rings (SSSR count). The lowest BCUT2D eigenvalue weighted by Crippen LogP contribution is -2.39. The van der Waals surface area contributed by atoms with Gasteiger partial charge in [-0.3, -0.25) is 4.79 Å². The Labute approximate surface area is 80.9 Å². The fourth-order valence-electron chi connectivity index (χ4n) is 1.69. The maximum atomic E-state index is 11.1. The van der Waals surface area contributed by atoms with Crippen LogP contribution >= 0.6 is 0 Å². The SMILES string of the molecule is COC(=O)[C@@H]1C[C@@H](O)[C@H](NC(=O)O)C1. The van der Waals surface area contributed by atoms with Crippen molar-refractivity contribution in [3.63, 3.8) is 0 Å². The highest BCUT2D eigenvalue weighted by Crippen LogP contribution is 2.26. The molecule has 0 saturated heterocycles. The first kappa shape index (κ1) is 10.8. The van der Waals surface area contributed by atoms with Crippen LogP contribution in [-0.4, -0.2) is 41.5 Å². The lowest BCUT2D eigenvalue weighted by molar-refractivity contribution is -0.145. The van der Waals surface area contributed by atoms with Crippen LogP contribution in [0.1, 0.15) is 12.8 Å². The van der Waals surface area contributed by atoms with Gasteiger partial charge in [-0.25, -0.2) is 4.79 Å². The highest BCUT2D eigenvalue weighted by Gasteiger charge is 2.38. The molecule has 80 valence electrons. The second-order valence-electron chi connectivity index (χ2n) is 3.31. The van der Waals surface area contributed by atoms with Gasteiger partial charge in [-0.1, -0.05) is 0 Å². The Morgan fingerprint density at radius 3 is 2.57 bits per heavy atom. The molecule has 0 bridgehead atoms. The van der Waals surface area contributed by atoms with Crippen LogP contribution in [0, 0.1) is 5.92 Å². The van der Waals surface area contributed by atoms with Gasteiger partial charge in [0.25, 0.3) is 0 Å². The van der Waals surface area contributed by atoms with Gasteiger partial charge in [0, 0.05) is 0 Å². The number of aliphatic hydroxyl groups excluding tert-OH is 1. The highest BCUT2D eigenvalue weighted by atomic mass is 16.5. The zero-order chi connectivity index (χ0) is 10.7. The number of hydrogen-bond donors (Lipinski definition) is 3. The standard InChI is InChI=1S/C8H13NO5/c1-14-7(11)4-2-5(6(10)3-4)9-8(12)13/h4-6,9-10H,2-3H2,1H3,(H,12,13)/t4-,5+,6+/m0/s1. The first-order chi connectivity index (χ1) is 6.54. The Balaban J connectivity index is 2.51. The lowest BCUT2D eigenvalue weighted by atomic mass is 10.1. The summed E-state index contributed by atoms with van der Waals surface area (Å²) in [4.78, 5) is 21.4. The second kappa shape index (κ2) is 4.28. The third-order valence-corrected chi connectivity index (χ3v) is 2.37. The normalized spacial score (nSPS) is 31.1. The van der Waals surface area contributed by atoms with Gasteiger partial charge in [-0.2, -0.15) is 0 Å². The molecule has 1 saturated carbocycles. The van der Waals surface area contributed by atoms with Crippen molar-refractivity contribution < 1.29 is 24.5 Å². The molecule has 0 aromatic rings. The molecule has 0 spiro atoms. The van der Waals surface area contributed by atoms with Gasteiger partial charge in [0.1, 0.15) is 0 Å². The molecule has 14 heavy (non-hydrogen) atoms. The molecular weight excluding hydrogens is 190 g/mol. The molecule has 1 amide bonds. The fourth-order valence-corrected chi connectivity index (χ4v) is 1.69. The van der Waals surface area contributed by atoms with Gasteiger partial charge in [-0.05, 0) is 12.8 Å². The van der Waals surface area contributed by atoms with E-state index in [0.717, 1.165) is 0 Å². The summed E-state index contributed by atoms with van der Waals surface area (Å²) in [6.07, 6.45) is -1.47. The minimum atomic E-state index is -1.19. The molecule has 3 atom stereocenters. The Morgan fingerprint density at radius 1 is 1.43 bits per heavy atom. The highest BCUT2D eigenvalue weighted by molar-refractivity contribution is 5.73. The molecule has 1 aliphatic carbocycles. The maximum Gasteiger partial charge on any atom is 0.404 e. The summed E-state index contributed by atoms with van der Waals surface area (Å²) in [5.74, 6) is -0.814. The quantitative estimate of drug-likeness (QED) is 0.529. The van der Waals surface area contributed by atoms with Crippen molar-refractivity contribution in [3.8, 4) is 0 Å². The number of aliphatic hydroxyl groups is 1. The molecule has 0 aliphatic heterocycles. The Bertz CT molecular complexity index is 242. The Kier molecular flexibility index (Phi) is 3.29. The summed E-state index contributed by atoms with van der Waals surface area (Å²) in [5, 5.41) is 20.0.